The van der Waals surface area contributed by atoms with Crippen molar-refractivity contribution in [3.8, 4) is 5.75 Å². The van der Waals surface area contributed by atoms with Gasteiger partial charge in [0.15, 0.2) is 0 Å². The zero-order valence-electron chi connectivity index (χ0n) is 14.6. The van der Waals surface area contributed by atoms with E-state index < -0.39 is 0 Å². The number of hydrogen-bond acceptors (Lipinski definition) is 5. The molecule has 7 nitrogen and oxygen atoms in total. The first-order valence-corrected chi connectivity index (χ1v) is 8.54. The van der Waals surface area contributed by atoms with E-state index in [1.807, 2.05) is 6.07 Å². The SMILES string of the molecule is O=C(Nc1ccc(O)cc1)c1ccc(Nc2ccnc3[nH]c(=O)ccc23)cc1. The summed E-state index contributed by atoms with van der Waals surface area (Å²) in [6.45, 7) is 0. The van der Waals surface area contributed by atoms with E-state index in [2.05, 4.69) is 20.6 Å². The number of aromatic hydroxyl groups is 1. The largest absolute Gasteiger partial charge is 0.508 e. The van der Waals surface area contributed by atoms with Crippen molar-refractivity contribution in [2.45, 2.75) is 0 Å². The van der Waals surface area contributed by atoms with Gasteiger partial charge in [-0.3, -0.25) is 9.59 Å². The van der Waals surface area contributed by atoms with Crippen molar-refractivity contribution in [1.29, 1.82) is 0 Å². The molecule has 4 rings (SSSR count). The molecule has 0 radical (unpaired) electrons. The molecule has 2 heterocycles. The van der Waals surface area contributed by atoms with Crippen LogP contribution in [0.1, 0.15) is 10.4 Å². The monoisotopic (exact) mass is 372 g/mol. The molecule has 4 aromatic rings. The number of carbonyl (C=O) groups is 1. The zero-order chi connectivity index (χ0) is 19.5. The third-order valence-corrected chi connectivity index (χ3v) is 4.18. The molecule has 2 aromatic heterocycles. The molecule has 0 fully saturated rings. The molecule has 0 aliphatic rings. The van der Waals surface area contributed by atoms with Gasteiger partial charge >= 0.3 is 0 Å². The molecule has 7 heteroatoms. The average molecular weight is 372 g/mol. The van der Waals surface area contributed by atoms with Gasteiger partial charge in [0, 0.05) is 34.6 Å². The van der Waals surface area contributed by atoms with Crippen LogP contribution < -0.4 is 16.2 Å². The highest BCUT2D eigenvalue weighted by molar-refractivity contribution is 6.04. The summed E-state index contributed by atoms with van der Waals surface area (Å²) in [5.41, 5.74) is 2.98. The Bertz CT molecular complexity index is 1200. The highest BCUT2D eigenvalue weighted by atomic mass is 16.3. The summed E-state index contributed by atoms with van der Waals surface area (Å²) in [7, 11) is 0. The second-order valence-corrected chi connectivity index (χ2v) is 6.15. The van der Waals surface area contributed by atoms with Crippen LogP contribution in [0.3, 0.4) is 0 Å². The highest BCUT2D eigenvalue weighted by Crippen LogP contribution is 2.23. The summed E-state index contributed by atoms with van der Waals surface area (Å²) in [5, 5.41) is 16.1. The molecule has 0 spiro atoms. The normalized spacial score (nSPS) is 10.6. The van der Waals surface area contributed by atoms with Crippen LogP contribution in [0.15, 0.2) is 77.7 Å². The van der Waals surface area contributed by atoms with Crippen molar-refractivity contribution in [2.24, 2.45) is 0 Å². The second-order valence-electron chi connectivity index (χ2n) is 6.15. The van der Waals surface area contributed by atoms with E-state index in [1.54, 1.807) is 48.7 Å². The average Bonchev–Trinajstić information content (AvgIpc) is 2.70. The molecule has 2 aromatic carbocycles. The van der Waals surface area contributed by atoms with Gasteiger partial charge in [-0.25, -0.2) is 4.98 Å². The van der Waals surface area contributed by atoms with Crippen LogP contribution in [0, 0.1) is 0 Å². The molecule has 138 valence electrons. The lowest BCUT2D eigenvalue weighted by molar-refractivity contribution is 0.102. The van der Waals surface area contributed by atoms with E-state index in [1.165, 1.54) is 18.2 Å². The van der Waals surface area contributed by atoms with Crippen molar-refractivity contribution in [3.63, 3.8) is 0 Å². The minimum absolute atomic E-state index is 0.140. The number of anilines is 3. The summed E-state index contributed by atoms with van der Waals surface area (Å²) in [6, 6.07) is 18.3. The van der Waals surface area contributed by atoms with E-state index in [-0.39, 0.29) is 17.2 Å². The Hall–Kier alpha value is -4.13. The first-order valence-electron chi connectivity index (χ1n) is 8.54. The molecule has 0 saturated carbocycles. The summed E-state index contributed by atoms with van der Waals surface area (Å²) < 4.78 is 0. The van der Waals surface area contributed by atoms with Crippen molar-refractivity contribution in [3.05, 3.63) is 88.8 Å². The van der Waals surface area contributed by atoms with Crippen LogP contribution in [0.25, 0.3) is 11.0 Å². The van der Waals surface area contributed by atoms with Crippen molar-refractivity contribution in [2.75, 3.05) is 10.6 Å². The number of nitrogens with zero attached hydrogens (tertiary/aromatic N) is 1. The number of benzene rings is 2. The number of carbonyl (C=O) groups excluding carboxylic acids is 1. The number of nitrogens with one attached hydrogen (secondary N) is 3. The van der Waals surface area contributed by atoms with Gasteiger partial charge < -0.3 is 20.7 Å². The number of fused-ring (bicyclic) bond motifs is 1. The van der Waals surface area contributed by atoms with Crippen LogP contribution in [-0.2, 0) is 0 Å². The van der Waals surface area contributed by atoms with Crippen molar-refractivity contribution in [1.82, 2.24) is 9.97 Å². The van der Waals surface area contributed by atoms with Crippen LogP contribution in [-0.4, -0.2) is 21.0 Å². The number of hydrogen-bond donors (Lipinski definition) is 4. The topological polar surface area (TPSA) is 107 Å². The van der Waals surface area contributed by atoms with Gasteiger partial charge in [-0.1, -0.05) is 0 Å². The van der Waals surface area contributed by atoms with Gasteiger partial charge in [0.05, 0.1) is 5.69 Å². The van der Waals surface area contributed by atoms with Gasteiger partial charge in [0.1, 0.15) is 11.4 Å². The van der Waals surface area contributed by atoms with Crippen LogP contribution in [0.4, 0.5) is 17.1 Å². The fourth-order valence-corrected chi connectivity index (χ4v) is 2.78. The van der Waals surface area contributed by atoms with Crippen LogP contribution >= 0.6 is 0 Å². The number of pyridine rings is 2. The second kappa shape index (κ2) is 7.24. The van der Waals surface area contributed by atoms with Crippen LogP contribution in [0.5, 0.6) is 5.75 Å². The molecular formula is C21H16N4O3. The lowest BCUT2D eigenvalue weighted by atomic mass is 10.1. The summed E-state index contributed by atoms with van der Waals surface area (Å²) >= 11 is 0. The molecule has 0 aliphatic heterocycles. The zero-order valence-corrected chi connectivity index (χ0v) is 14.6. The molecule has 1 amide bonds. The van der Waals surface area contributed by atoms with E-state index in [0.717, 1.165) is 16.8 Å². The van der Waals surface area contributed by atoms with Crippen molar-refractivity contribution >= 4 is 34.0 Å². The number of phenols is 1. The minimum atomic E-state index is -0.246. The predicted molar refractivity (Wildman–Crippen MR) is 108 cm³/mol. The molecule has 0 saturated heterocycles. The van der Waals surface area contributed by atoms with E-state index in [9.17, 15) is 14.7 Å². The van der Waals surface area contributed by atoms with Gasteiger partial charge in [0.2, 0.25) is 5.56 Å². The van der Waals surface area contributed by atoms with Gasteiger partial charge in [-0.2, -0.15) is 0 Å². The smallest absolute Gasteiger partial charge is 0.255 e. The number of aromatic amines is 1. The number of phenolic OH excluding ortho intramolecular Hbond substituents is 1. The molecule has 0 unspecified atom stereocenters. The van der Waals surface area contributed by atoms with E-state index in [4.69, 9.17) is 0 Å². The molecular weight excluding hydrogens is 356 g/mol. The van der Waals surface area contributed by atoms with E-state index in [0.29, 0.717) is 16.9 Å². The summed E-state index contributed by atoms with van der Waals surface area (Å²) in [5.74, 6) is -0.106. The Labute approximate surface area is 159 Å². The molecule has 4 N–H and O–H groups in total. The maximum Gasteiger partial charge on any atom is 0.255 e. The lowest BCUT2D eigenvalue weighted by Gasteiger charge is -2.10. The Morgan fingerprint density at radius 3 is 2.36 bits per heavy atom. The minimum Gasteiger partial charge on any atom is -0.508 e. The molecule has 0 aliphatic carbocycles. The fraction of sp³-hybridized carbons (Fsp3) is 0. The first kappa shape index (κ1) is 17.3. The Morgan fingerprint density at radius 1 is 0.893 bits per heavy atom. The lowest BCUT2D eigenvalue weighted by Crippen LogP contribution is -2.11. The molecule has 0 atom stereocenters. The van der Waals surface area contributed by atoms with Gasteiger partial charge in [-0.15, -0.1) is 0 Å². The fourth-order valence-electron chi connectivity index (χ4n) is 2.78. The van der Waals surface area contributed by atoms with E-state index >= 15 is 0 Å². The maximum absolute atomic E-state index is 12.3. The predicted octanol–water partition coefficient (Wildman–Crippen LogP) is 3.62. The Balaban J connectivity index is 1.51. The summed E-state index contributed by atoms with van der Waals surface area (Å²) in [4.78, 5) is 30.6. The number of rotatable bonds is 4. The Morgan fingerprint density at radius 2 is 1.61 bits per heavy atom. The third-order valence-electron chi connectivity index (χ3n) is 4.18. The molecule has 0 bridgehead atoms. The van der Waals surface area contributed by atoms with Gasteiger partial charge in [0.25, 0.3) is 5.91 Å². The van der Waals surface area contributed by atoms with Gasteiger partial charge in [-0.05, 0) is 60.7 Å². The number of amides is 1. The van der Waals surface area contributed by atoms with Crippen molar-refractivity contribution < 1.29 is 9.90 Å². The third kappa shape index (κ3) is 3.68. The quantitative estimate of drug-likeness (QED) is 0.409. The number of H-pyrrole nitrogens is 1. The highest BCUT2D eigenvalue weighted by Gasteiger charge is 2.07. The standard InChI is InChI=1S/C21H16N4O3/c26-16-7-5-15(6-8-16)24-21(28)13-1-3-14(4-2-13)23-18-11-12-22-20-17(18)9-10-19(27)25-20/h1-12,26H,(H,24,28)(H2,22,23,25,27). The summed E-state index contributed by atoms with van der Waals surface area (Å²) in [6.07, 6.45) is 1.61. The number of aromatic nitrogens is 2. The molecule has 28 heavy (non-hydrogen) atoms. The van der Waals surface area contributed by atoms with Crippen LogP contribution in [0.2, 0.25) is 0 Å². The first-order chi connectivity index (χ1) is 13.6. The Kier molecular flexibility index (Phi) is 4.47. The maximum atomic E-state index is 12.3.